The van der Waals surface area contributed by atoms with Gasteiger partial charge < -0.3 is 4.74 Å². The summed E-state index contributed by atoms with van der Waals surface area (Å²) in [6, 6.07) is 3.80. The highest BCUT2D eigenvalue weighted by Gasteiger charge is 2.18. The predicted molar refractivity (Wildman–Crippen MR) is 56.9 cm³/mol. The first-order valence-corrected chi connectivity index (χ1v) is 5.92. The van der Waals surface area contributed by atoms with E-state index in [1.54, 1.807) is 0 Å². The minimum atomic E-state index is 0.165. The Hall–Kier alpha value is -0.670. The molecule has 1 aliphatic rings. The van der Waals surface area contributed by atoms with Crippen molar-refractivity contribution in [3.63, 3.8) is 0 Å². The van der Waals surface area contributed by atoms with Crippen LogP contribution < -0.4 is 0 Å². The Kier molecular flexibility index (Phi) is 3.32. The molecule has 1 unspecified atom stereocenters. The minimum Gasteiger partial charge on any atom is -0.378 e. The third-order valence-corrected chi connectivity index (χ3v) is 3.39. The Morgan fingerprint density at radius 2 is 2.50 bits per heavy atom. The molecular weight excluding hydrogens is 196 g/mol. The number of thiophene rings is 1. The summed E-state index contributed by atoms with van der Waals surface area (Å²) >= 11 is 1.51. The van der Waals surface area contributed by atoms with Crippen LogP contribution in [0.2, 0.25) is 0 Å². The summed E-state index contributed by atoms with van der Waals surface area (Å²) in [6.07, 6.45) is 4.10. The third-order valence-electron chi connectivity index (χ3n) is 2.48. The van der Waals surface area contributed by atoms with E-state index in [4.69, 9.17) is 4.74 Å². The Balaban J connectivity index is 1.87. The summed E-state index contributed by atoms with van der Waals surface area (Å²) < 4.78 is 5.53. The van der Waals surface area contributed by atoms with Crippen molar-refractivity contribution in [3.05, 3.63) is 22.4 Å². The van der Waals surface area contributed by atoms with Gasteiger partial charge in [-0.1, -0.05) is 6.07 Å². The summed E-state index contributed by atoms with van der Waals surface area (Å²) in [4.78, 5) is 12.6. The highest BCUT2D eigenvalue weighted by Crippen LogP contribution is 2.19. The number of ether oxygens (including phenoxy) is 1. The molecule has 1 saturated heterocycles. The second-order valence-electron chi connectivity index (χ2n) is 3.59. The smallest absolute Gasteiger partial charge is 0.175 e. The second-order valence-corrected chi connectivity index (χ2v) is 4.54. The van der Waals surface area contributed by atoms with Gasteiger partial charge in [-0.3, -0.25) is 4.79 Å². The van der Waals surface area contributed by atoms with Crippen molar-refractivity contribution in [2.45, 2.75) is 31.8 Å². The number of hydrogen-bond donors (Lipinski definition) is 0. The van der Waals surface area contributed by atoms with E-state index in [0.29, 0.717) is 6.42 Å². The summed E-state index contributed by atoms with van der Waals surface area (Å²) in [7, 11) is 0. The van der Waals surface area contributed by atoms with Gasteiger partial charge in [0, 0.05) is 13.0 Å². The van der Waals surface area contributed by atoms with Crippen LogP contribution in [0.15, 0.2) is 17.5 Å². The van der Waals surface area contributed by atoms with Gasteiger partial charge in [-0.15, -0.1) is 11.3 Å². The van der Waals surface area contributed by atoms with Crippen LogP contribution in [0, 0.1) is 0 Å². The molecule has 0 spiro atoms. The monoisotopic (exact) mass is 210 g/mol. The zero-order chi connectivity index (χ0) is 9.80. The van der Waals surface area contributed by atoms with E-state index in [0.717, 1.165) is 24.3 Å². The fourth-order valence-corrected chi connectivity index (χ4v) is 2.39. The van der Waals surface area contributed by atoms with Crippen LogP contribution in [0.25, 0.3) is 0 Å². The first-order valence-electron chi connectivity index (χ1n) is 5.04. The van der Waals surface area contributed by atoms with E-state index in [2.05, 4.69) is 0 Å². The number of ketones is 1. The molecule has 1 aromatic heterocycles. The van der Waals surface area contributed by atoms with Gasteiger partial charge in [0.2, 0.25) is 0 Å². The lowest BCUT2D eigenvalue weighted by atomic mass is 10.0. The minimum absolute atomic E-state index is 0.165. The highest BCUT2D eigenvalue weighted by atomic mass is 32.1. The molecule has 0 amide bonds. The molecule has 2 nitrogen and oxygen atoms in total. The van der Waals surface area contributed by atoms with Gasteiger partial charge in [0.15, 0.2) is 5.78 Å². The maximum absolute atomic E-state index is 11.7. The Morgan fingerprint density at radius 1 is 1.57 bits per heavy atom. The predicted octanol–water partition coefficient (Wildman–Crippen LogP) is 2.89. The molecule has 3 heteroatoms. The highest BCUT2D eigenvalue weighted by molar-refractivity contribution is 7.12. The van der Waals surface area contributed by atoms with Crippen LogP contribution in [-0.4, -0.2) is 18.5 Å². The van der Waals surface area contributed by atoms with Crippen molar-refractivity contribution in [2.24, 2.45) is 0 Å². The van der Waals surface area contributed by atoms with E-state index in [9.17, 15) is 4.79 Å². The van der Waals surface area contributed by atoms with Gasteiger partial charge in [0.05, 0.1) is 11.0 Å². The number of hydrogen-bond acceptors (Lipinski definition) is 3. The van der Waals surface area contributed by atoms with Gasteiger partial charge in [0.25, 0.3) is 0 Å². The van der Waals surface area contributed by atoms with Crippen LogP contribution >= 0.6 is 11.3 Å². The van der Waals surface area contributed by atoms with Crippen LogP contribution in [0.5, 0.6) is 0 Å². The van der Waals surface area contributed by atoms with E-state index in [1.165, 1.54) is 17.8 Å². The molecule has 0 aliphatic carbocycles. The summed E-state index contributed by atoms with van der Waals surface area (Å²) in [5.74, 6) is 0.229. The average Bonchev–Trinajstić information content (AvgIpc) is 2.72. The van der Waals surface area contributed by atoms with Crippen LogP contribution in [0.4, 0.5) is 0 Å². The van der Waals surface area contributed by atoms with Crippen molar-refractivity contribution in [1.82, 2.24) is 0 Å². The van der Waals surface area contributed by atoms with E-state index in [1.807, 2.05) is 17.5 Å². The van der Waals surface area contributed by atoms with Crippen molar-refractivity contribution < 1.29 is 9.53 Å². The molecule has 2 heterocycles. The molecular formula is C11H14O2S. The SMILES string of the molecule is O=C(CC1CCCCO1)c1cccs1. The maximum atomic E-state index is 11.7. The molecule has 0 bridgehead atoms. The quantitative estimate of drug-likeness (QED) is 0.717. The molecule has 0 N–H and O–H groups in total. The first-order chi connectivity index (χ1) is 6.86. The molecule has 1 atom stereocenters. The molecule has 1 aliphatic heterocycles. The molecule has 2 rings (SSSR count). The van der Waals surface area contributed by atoms with Crippen molar-refractivity contribution in [3.8, 4) is 0 Å². The van der Waals surface area contributed by atoms with E-state index < -0.39 is 0 Å². The number of carbonyl (C=O) groups excluding carboxylic acids is 1. The van der Waals surface area contributed by atoms with Crippen molar-refractivity contribution in [2.75, 3.05) is 6.61 Å². The fourth-order valence-electron chi connectivity index (χ4n) is 1.71. The lowest BCUT2D eigenvalue weighted by molar-refractivity contribution is 0.0130. The molecule has 1 aromatic rings. The van der Waals surface area contributed by atoms with Gasteiger partial charge in [0.1, 0.15) is 0 Å². The molecule has 14 heavy (non-hydrogen) atoms. The fraction of sp³-hybridized carbons (Fsp3) is 0.545. The molecule has 76 valence electrons. The van der Waals surface area contributed by atoms with Gasteiger partial charge in [-0.05, 0) is 30.7 Å². The van der Waals surface area contributed by atoms with Crippen LogP contribution in [-0.2, 0) is 4.74 Å². The van der Waals surface area contributed by atoms with E-state index in [-0.39, 0.29) is 11.9 Å². The zero-order valence-corrected chi connectivity index (χ0v) is 8.89. The summed E-state index contributed by atoms with van der Waals surface area (Å²) in [6.45, 7) is 0.822. The summed E-state index contributed by atoms with van der Waals surface area (Å²) in [5.41, 5.74) is 0. The Labute approximate surface area is 87.9 Å². The molecule has 0 aromatic carbocycles. The average molecular weight is 210 g/mol. The lowest BCUT2D eigenvalue weighted by Gasteiger charge is -2.21. The number of carbonyl (C=O) groups is 1. The van der Waals surface area contributed by atoms with Crippen LogP contribution in [0.3, 0.4) is 0 Å². The van der Waals surface area contributed by atoms with Gasteiger partial charge >= 0.3 is 0 Å². The largest absolute Gasteiger partial charge is 0.378 e. The third kappa shape index (κ3) is 2.42. The number of rotatable bonds is 3. The van der Waals surface area contributed by atoms with Crippen LogP contribution in [0.1, 0.15) is 35.4 Å². The topological polar surface area (TPSA) is 26.3 Å². The van der Waals surface area contributed by atoms with Crippen molar-refractivity contribution >= 4 is 17.1 Å². The van der Waals surface area contributed by atoms with Crippen molar-refractivity contribution in [1.29, 1.82) is 0 Å². The van der Waals surface area contributed by atoms with Gasteiger partial charge in [-0.25, -0.2) is 0 Å². The lowest BCUT2D eigenvalue weighted by Crippen LogP contribution is -2.22. The second kappa shape index (κ2) is 4.71. The maximum Gasteiger partial charge on any atom is 0.175 e. The van der Waals surface area contributed by atoms with E-state index >= 15 is 0 Å². The normalized spacial score (nSPS) is 22.1. The first kappa shape index (κ1) is 9.87. The Bertz CT molecular complexity index is 286. The molecule has 1 fully saturated rings. The zero-order valence-electron chi connectivity index (χ0n) is 8.07. The van der Waals surface area contributed by atoms with Gasteiger partial charge in [-0.2, -0.15) is 0 Å². The summed E-state index contributed by atoms with van der Waals surface area (Å²) in [5, 5.41) is 1.94. The molecule has 0 saturated carbocycles. The number of Topliss-reactive ketones (excluding diaryl/α,β-unsaturated/α-hetero) is 1. The molecule has 0 radical (unpaired) electrons. The Morgan fingerprint density at radius 3 is 3.14 bits per heavy atom. The standard InChI is InChI=1S/C11H14O2S/c12-10(11-5-3-7-14-11)8-9-4-1-2-6-13-9/h3,5,7,9H,1-2,4,6,8H2.